The molecular formula is C8H17Cl2Si2. The molecule has 0 aliphatic carbocycles. The molecule has 0 saturated carbocycles. The monoisotopic (exact) mass is 239 g/mol. The van der Waals surface area contributed by atoms with Crippen molar-refractivity contribution in [1.29, 1.82) is 0 Å². The van der Waals surface area contributed by atoms with E-state index in [9.17, 15) is 0 Å². The van der Waals surface area contributed by atoms with Gasteiger partial charge in [-0.05, 0) is 12.1 Å². The molecule has 1 fully saturated rings. The van der Waals surface area contributed by atoms with Gasteiger partial charge in [-0.2, -0.15) is 0 Å². The predicted octanol–water partition coefficient (Wildman–Crippen LogP) is 4.21. The maximum atomic E-state index is 6.19. The van der Waals surface area contributed by atoms with Crippen LogP contribution >= 0.6 is 22.2 Å². The molecule has 0 amide bonds. The first-order valence-corrected chi connectivity index (χ1v) is 11.4. The Morgan fingerprint density at radius 1 is 1.25 bits per heavy atom. The molecule has 1 aliphatic rings. The zero-order chi connectivity index (χ0) is 9.03. The van der Waals surface area contributed by atoms with E-state index in [1.807, 2.05) is 0 Å². The van der Waals surface area contributed by atoms with Crippen LogP contribution in [-0.4, -0.2) is 15.5 Å². The van der Waals surface area contributed by atoms with Crippen LogP contribution in [0, 0.1) is 0 Å². The minimum Gasteiger partial charge on any atom is -0.146 e. The Hall–Kier alpha value is 1.01. The molecule has 0 bridgehead atoms. The molecule has 0 aromatic carbocycles. The normalized spacial score (nSPS) is 24.2. The Kier molecular flexibility index (Phi) is 4.65. The smallest absolute Gasteiger partial charge is 0.146 e. The highest BCUT2D eigenvalue weighted by Crippen LogP contribution is 2.36. The molecule has 12 heavy (non-hydrogen) atoms. The Morgan fingerprint density at radius 2 is 1.83 bits per heavy atom. The average Bonchev–Trinajstić information content (AvgIpc) is 2.03. The lowest BCUT2D eigenvalue weighted by Crippen LogP contribution is -2.30. The molecule has 0 nitrogen and oxygen atoms in total. The molecule has 4 heteroatoms. The summed E-state index contributed by atoms with van der Waals surface area (Å²) in [5.74, 6) is 0. The van der Waals surface area contributed by atoms with Crippen LogP contribution in [0.3, 0.4) is 0 Å². The van der Waals surface area contributed by atoms with E-state index in [0.717, 1.165) is 0 Å². The van der Waals surface area contributed by atoms with E-state index in [0.29, 0.717) is 0 Å². The maximum absolute atomic E-state index is 6.19. The third kappa shape index (κ3) is 3.82. The number of halogens is 2. The summed E-state index contributed by atoms with van der Waals surface area (Å²) in [5.41, 5.74) is 0. The number of rotatable bonds is 3. The third-order valence-electron chi connectivity index (χ3n) is 2.57. The molecular weight excluding hydrogens is 223 g/mol. The highest BCUT2D eigenvalue weighted by Gasteiger charge is 2.34. The summed E-state index contributed by atoms with van der Waals surface area (Å²) in [7, 11) is -0.0152. The topological polar surface area (TPSA) is 0 Å². The van der Waals surface area contributed by atoms with Crippen molar-refractivity contribution < 1.29 is 0 Å². The standard InChI is InChI=1S/C8H17Cl2Si2/c1-2-3-4-11-5-7-12(9,10)8-6-11/h2-8H2,1H3. The molecule has 0 unspecified atom stereocenters. The first-order valence-electron chi connectivity index (χ1n) is 4.85. The van der Waals surface area contributed by atoms with Crippen molar-refractivity contribution in [3.05, 3.63) is 0 Å². The lowest BCUT2D eigenvalue weighted by atomic mass is 10.4. The lowest BCUT2D eigenvalue weighted by Gasteiger charge is -2.27. The van der Waals surface area contributed by atoms with Crippen molar-refractivity contribution in [3.63, 3.8) is 0 Å². The van der Waals surface area contributed by atoms with Crippen LogP contribution in [-0.2, 0) is 0 Å². The quantitative estimate of drug-likeness (QED) is 0.512. The zero-order valence-electron chi connectivity index (χ0n) is 7.71. The summed E-state index contributed by atoms with van der Waals surface area (Å²) in [4.78, 5) is 0. The van der Waals surface area contributed by atoms with Crippen LogP contribution in [0.5, 0.6) is 0 Å². The fraction of sp³-hybridized carbons (Fsp3) is 1.00. The van der Waals surface area contributed by atoms with Crippen LogP contribution in [0.2, 0.25) is 30.2 Å². The van der Waals surface area contributed by atoms with Gasteiger partial charge in [0.05, 0.1) is 0 Å². The van der Waals surface area contributed by atoms with Crippen LogP contribution in [0.1, 0.15) is 19.8 Å². The van der Waals surface area contributed by atoms with Gasteiger partial charge in [0.1, 0.15) is 0 Å². The first kappa shape index (κ1) is 11.1. The van der Waals surface area contributed by atoms with Gasteiger partial charge in [-0.15, -0.1) is 22.2 Å². The highest BCUT2D eigenvalue weighted by atomic mass is 35.7. The highest BCUT2D eigenvalue weighted by molar-refractivity contribution is 7.45. The van der Waals surface area contributed by atoms with Gasteiger partial charge in [0.2, 0.25) is 0 Å². The van der Waals surface area contributed by atoms with E-state index >= 15 is 0 Å². The van der Waals surface area contributed by atoms with E-state index < -0.39 is 6.69 Å². The van der Waals surface area contributed by atoms with Gasteiger partial charge in [0.25, 0.3) is 6.69 Å². The van der Waals surface area contributed by atoms with Crippen molar-refractivity contribution in [1.82, 2.24) is 0 Å². The minimum absolute atomic E-state index is 0.0152. The molecule has 0 spiro atoms. The van der Waals surface area contributed by atoms with Gasteiger partial charge < -0.3 is 0 Å². The fourth-order valence-corrected chi connectivity index (χ4v) is 12.7. The molecule has 1 saturated heterocycles. The maximum Gasteiger partial charge on any atom is 0.250 e. The summed E-state index contributed by atoms with van der Waals surface area (Å²) in [5, 5.41) is 0. The molecule has 1 aliphatic heterocycles. The molecule has 1 rings (SSSR count). The number of hydrogen-bond acceptors (Lipinski definition) is 0. The van der Waals surface area contributed by atoms with Gasteiger partial charge in [-0.1, -0.05) is 37.9 Å². The first-order chi connectivity index (χ1) is 5.64. The SMILES string of the molecule is CCCC[Si]1CC[Si](Cl)(Cl)CC1. The average molecular weight is 240 g/mol. The Labute approximate surface area is 87.7 Å². The van der Waals surface area contributed by atoms with E-state index in [-0.39, 0.29) is 8.80 Å². The van der Waals surface area contributed by atoms with Crippen LogP contribution in [0.4, 0.5) is 0 Å². The van der Waals surface area contributed by atoms with E-state index in [1.165, 1.54) is 43.1 Å². The van der Waals surface area contributed by atoms with Crippen molar-refractivity contribution >= 4 is 37.6 Å². The summed E-state index contributed by atoms with van der Waals surface area (Å²) < 4.78 is 0. The van der Waals surface area contributed by atoms with Crippen LogP contribution in [0.15, 0.2) is 0 Å². The molecule has 0 atom stereocenters. The van der Waals surface area contributed by atoms with Crippen molar-refractivity contribution in [2.45, 2.75) is 50.0 Å². The van der Waals surface area contributed by atoms with Gasteiger partial charge in [-0.25, -0.2) is 0 Å². The fourth-order valence-electron chi connectivity index (χ4n) is 1.65. The van der Waals surface area contributed by atoms with Gasteiger partial charge in [0.15, 0.2) is 0 Å². The van der Waals surface area contributed by atoms with E-state index in [2.05, 4.69) is 6.92 Å². The van der Waals surface area contributed by atoms with E-state index in [4.69, 9.17) is 22.2 Å². The van der Waals surface area contributed by atoms with Gasteiger partial charge in [-0.3, -0.25) is 0 Å². The van der Waals surface area contributed by atoms with Gasteiger partial charge >= 0.3 is 0 Å². The Morgan fingerprint density at radius 3 is 2.33 bits per heavy atom. The van der Waals surface area contributed by atoms with Crippen LogP contribution in [0.25, 0.3) is 0 Å². The molecule has 1 radical (unpaired) electrons. The molecule has 1 heterocycles. The third-order valence-corrected chi connectivity index (χ3v) is 10.8. The molecule has 0 aromatic heterocycles. The summed E-state index contributed by atoms with van der Waals surface area (Å²) in [6.45, 7) is 0.570. The number of hydrogen-bond donors (Lipinski definition) is 0. The molecule has 0 N–H and O–H groups in total. The minimum atomic E-state index is -1.70. The predicted molar refractivity (Wildman–Crippen MR) is 62.2 cm³/mol. The van der Waals surface area contributed by atoms with Crippen molar-refractivity contribution in [3.8, 4) is 0 Å². The summed E-state index contributed by atoms with van der Waals surface area (Å²) in [6.07, 6.45) is 2.77. The van der Waals surface area contributed by atoms with Crippen molar-refractivity contribution in [2.24, 2.45) is 0 Å². The second-order valence-corrected chi connectivity index (χ2v) is 14.3. The largest absolute Gasteiger partial charge is 0.250 e. The number of unbranched alkanes of at least 4 members (excludes halogenated alkanes) is 1. The van der Waals surface area contributed by atoms with Crippen LogP contribution < -0.4 is 0 Å². The second kappa shape index (κ2) is 5.03. The second-order valence-electron chi connectivity index (χ2n) is 3.71. The van der Waals surface area contributed by atoms with Gasteiger partial charge in [0, 0.05) is 8.80 Å². The Balaban J connectivity index is 2.18. The molecule has 0 aromatic rings. The summed E-state index contributed by atoms with van der Waals surface area (Å²) >= 11 is 12.4. The van der Waals surface area contributed by atoms with Crippen molar-refractivity contribution in [2.75, 3.05) is 0 Å². The lowest BCUT2D eigenvalue weighted by molar-refractivity contribution is 0.866. The Bertz CT molecular complexity index is 129. The molecule has 71 valence electrons. The zero-order valence-corrected chi connectivity index (χ0v) is 11.2. The van der Waals surface area contributed by atoms with E-state index in [1.54, 1.807) is 0 Å². The summed E-state index contributed by atoms with van der Waals surface area (Å²) in [6, 6.07) is 6.63.